The van der Waals surface area contributed by atoms with E-state index in [0.717, 1.165) is 42.9 Å². The van der Waals surface area contributed by atoms with Crippen LogP contribution in [0.25, 0.3) is 0 Å². The Bertz CT molecular complexity index is 511. The maximum Gasteiger partial charge on any atom is 0.317 e. The highest BCUT2D eigenvalue weighted by atomic mass is 32.1. The molecule has 2 amide bonds. The highest BCUT2D eigenvalue weighted by Crippen LogP contribution is 2.35. The van der Waals surface area contributed by atoms with Gasteiger partial charge >= 0.3 is 6.03 Å². The maximum atomic E-state index is 12.3. The lowest BCUT2D eigenvalue weighted by Gasteiger charge is -2.40. The Kier molecular flexibility index (Phi) is 4.98. The van der Waals surface area contributed by atoms with E-state index in [2.05, 4.69) is 15.7 Å². The van der Waals surface area contributed by atoms with E-state index in [-0.39, 0.29) is 11.6 Å². The molecule has 0 bridgehead atoms. The van der Waals surface area contributed by atoms with Crippen LogP contribution in [-0.4, -0.2) is 47.8 Å². The van der Waals surface area contributed by atoms with Crippen LogP contribution in [0.4, 0.5) is 4.79 Å². The highest BCUT2D eigenvalue weighted by Gasteiger charge is 2.40. The van der Waals surface area contributed by atoms with Gasteiger partial charge in [0.2, 0.25) is 0 Å². The van der Waals surface area contributed by atoms with Gasteiger partial charge in [0.15, 0.2) is 0 Å². The highest BCUT2D eigenvalue weighted by molar-refractivity contribution is 7.09. The molecule has 3 rings (SSSR count). The molecule has 0 unspecified atom stereocenters. The van der Waals surface area contributed by atoms with Crippen molar-refractivity contribution >= 4 is 17.4 Å². The van der Waals surface area contributed by atoms with Gasteiger partial charge in [-0.2, -0.15) is 0 Å². The molecule has 1 spiro atoms. The summed E-state index contributed by atoms with van der Waals surface area (Å²) in [6.07, 6.45) is 6.52. The normalized spacial score (nSPS) is 20.5. The Morgan fingerprint density at radius 2 is 2.32 bits per heavy atom. The van der Waals surface area contributed by atoms with Gasteiger partial charge in [-0.15, -0.1) is 11.3 Å². The van der Waals surface area contributed by atoms with Crippen LogP contribution in [0.2, 0.25) is 0 Å². The second-order valence-electron chi connectivity index (χ2n) is 6.38. The first kappa shape index (κ1) is 15.7. The zero-order valence-electron chi connectivity index (χ0n) is 13.3. The van der Waals surface area contributed by atoms with E-state index in [9.17, 15) is 4.79 Å². The van der Waals surface area contributed by atoms with Crippen molar-refractivity contribution in [3.8, 4) is 0 Å². The average Bonchev–Trinajstić information content (AvgIpc) is 3.13. The van der Waals surface area contributed by atoms with Crippen LogP contribution in [0.1, 0.15) is 42.8 Å². The Morgan fingerprint density at radius 3 is 3.05 bits per heavy atom. The quantitative estimate of drug-likeness (QED) is 0.867. The van der Waals surface area contributed by atoms with Crippen LogP contribution < -0.4 is 5.32 Å². The summed E-state index contributed by atoms with van der Waals surface area (Å²) < 4.78 is 5.96. The van der Waals surface area contributed by atoms with Crippen molar-refractivity contribution in [1.29, 1.82) is 0 Å². The molecular weight excluding hydrogens is 298 g/mol. The summed E-state index contributed by atoms with van der Waals surface area (Å²) in [6, 6.07) is 0.0601. The third-order valence-electron chi connectivity index (χ3n) is 4.56. The van der Waals surface area contributed by atoms with Crippen LogP contribution >= 0.6 is 11.3 Å². The fourth-order valence-corrected chi connectivity index (χ4v) is 4.22. The van der Waals surface area contributed by atoms with E-state index in [4.69, 9.17) is 4.74 Å². The number of carbonyl (C=O) groups is 1. The molecule has 1 aliphatic heterocycles. The third kappa shape index (κ3) is 3.79. The van der Waals surface area contributed by atoms with Crippen molar-refractivity contribution in [2.45, 2.75) is 51.0 Å². The minimum Gasteiger partial charge on any atom is -0.371 e. The second kappa shape index (κ2) is 6.96. The predicted molar refractivity (Wildman–Crippen MR) is 87.3 cm³/mol. The van der Waals surface area contributed by atoms with Crippen LogP contribution in [0.15, 0.2) is 5.38 Å². The van der Waals surface area contributed by atoms with E-state index >= 15 is 0 Å². The number of aryl methyl sites for hydroxylation is 2. The predicted octanol–water partition coefficient (Wildman–Crippen LogP) is 2.74. The first-order valence-corrected chi connectivity index (χ1v) is 9.13. The summed E-state index contributed by atoms with van der Waals surface area (Å²) >= 11 is 1.70. The van der Waals surface area contributed by atoms with Crippen molar-refractivity contribution in [3.05, 3.63) is 16.1 Å². The topological polar surface area (TPSA) is 54.5 Å². The smallest absolute Gasteiger partial charge is 0.317 e. The zero-order valence-corrected chi connectivity index (χ0v) is 14.1. The summed E-state index contributed by atoms with van der Waals surface area (Å²) in [5.41, 5.74) is 1.03. The fraction of sp³-hybridized carbons (Fsp3) is 0.750. The van der Waals surface area contributed by atoms with Crippen LogP contribution in [0.3, 0.4) is 0 Å². The van der Waals surface area contributed by atoms with Gasteiger partial charge in [-0.25, -0.2) is 9.78 Å². The monoisotopic (exact) mass is 323 g/mol. The number of nitrogens with zero attached hydrogens (tertiary/aromatic N) is 2. The molecule has 0 radical (unpaired) electrons. The van der Waals surface area contributed by atoms with Gasteiger partial charge in [0.1, 0.15) is 0 Å². The number of morpholine rings is 1. The molecule has 6 heteroatoms. The molecule has 1 aromatic heterocycles. The van der Waals surface area contributed by atoms with Gasteiger partial charge in [-0.05, 0) is 26.2 Å². The van der Waals surface area contributed by atoms with Gasteiger partial charge in [0.05, 0.1) is 23.8 Å². The zero-order chi connectivity index (χ0) is 15.4. The summed E-state index contributed by atoms with van der Waals surface area (Å²) in [7, 11) is 0. The number of nitrogens with one attached hydrogen (secondary N) is 1. The minimum absolute atomic E-state index is 0.0476. The number of urea groups is 1. The molecule has 1 saturated carbocycles. The van der Waals surface area contributed by atoms with Crippen LogP contribution in [-0.2, 0) is 11.2 Å². The lowest BCUT2D eigenvalue weighted by molar-refractivity contribution is -0.0925. The first-order valence-electron chi connectivity index (χ1n) is 8.25. The molecule has 1 aromatic rings. The van der Waals surface area contributed by atoms with Crippen molar-refractivity contribution < 1.29 is 9.53 Å². The van der Waals surface area contributed by atoms with Crippen molar-refractivity contribution in [2.24, 2.45) is 0 Å². The standard InChI is InChI=1S/C16H25N3O2S/c1-13-11-22-14(18-13)5-4-8-17-15(20)19-9-10-21-16(12-19)6-2-3-7-16/h11H,2-10,12H2,1H3,(H,17,20). The number of rotatable bonds is 4. The summed E-state index contributed by atoms with van der Waals surface area (Å²) in [5, 5.41) is 6.27. The molecule has 2 aliphatic rings. The summed E-state index contributed by atoms with van der Waals surface area (Å²) in [4.78, 5) is 18.7. The lowest BCUT2D eigenvalue weighted by Crippen LogP contribution is -2.55. The lowest BCUT2D eigenvalue weighted by atomic mass is 10.00. The number of ether oxygens (including phenoxy) is 1. The number of thiazole rings is 1. The minimum atomic E-state index is -0.0476. The van der Waals surface area contributed by atoms with E-state index in [1.807, 2.05) is 11.8 Å². The Labute approximate surface area is 136 Å². The second-order valence-corrected chi connectivity index (χ2v) is 7.32. The molecule has 2 fully saturated rings. The largest absolute Gasteiger partial charge is 0.371 e. The molecule has 122 valence electrons. The van der Waals surface area contributed by atoms with E-state index in [1.54, 1.807) is 11.3 Å². The van der Waals surface area contributed by atoms with E-state index in [1.165, 1.54) is 12.8 Å². The number of amides is 2. The molecule has 22 heavy (non-hydrogen) atoms. The van der Waals surface area contributed by atoms with Gasteiger partial charge in [0, 0.05) is 30.6 Å². The maximum absolute atomic E-state index is 12.3. The molecule has 1 aliphatic carbocycles. The molecule has 1 saturated heterocycles. The summed E-state index contributed by atoms with van der Waals surface area (Å²) in [5.74, 6) is 0. The van der Waals surface area contributed by atoms with Gasteiger partial charge in [0.25, 0.3) is 0 Å². The average molecular weight is 323 g/mol. The Balaban J connectivity index is 1.40. The molecule has 5 nitrogen and oxygen atoms in total. The Morgan fingerprint density at radius 1 is 1.50 bits per heavy atom. The van der Waals surface area contributed by atoms with Crippen molar-refractivity contribution in [1.82, 2.24) is 15.2 Å². The van der Waals surface area contributed by atoms with Gasteiger partial charge in [-0.3, -0.25) is 0 Å². The van der Waals surface area contributed by atoms with Crippen molar-refractivity contribution in [2.75, 3.05) is 26.2 Å². The number of carbonyl (C=O) groups excluding carboxylic acids is 1. The van der Waals surface area contributed by atoms with Crippen molar-refractivity contribution in [3.63, 3.8) is 0 Å². The molecule has 2 heterocycles. The van der Waals surface area contributed by atoms with Gasteiger partial charge < -0.3 is 15.0 Å². The fourth-order valence-electron chi connectivity index (χ4n) is 3.40. The Hall–Kier alpha value is -1.14. The first-order chi connectivity index (χ1) is 10.7. The van der Waals surface area contributed by atoms with Crippen LogP contribution in [0.5, 0.6) is 0 Å². The summed E-state index contributed by atoms with van der Waals surface area (Å²) in [6.45, 7) is 4.86. The third-order valence-corrected chi connectivity index (χ3v) is 5.59. The van der Waals surface area contributed by atoms with Gasteiger partial charge in [-0.1, -0.05) is 12.8 Å². The number of hydrogen-bond acceptors (Lipinski definition) is 4. The van der Waals surface area contributed by atoms with E-state index < -0.39 is 0 Å². The molecular formula is C16H25N3O2S. The SMILES string of the molecule is Cc1csc(CCCNC(=O)N2CCOC3(CCCC3)C2)n1. The molecule has 1 N–H and O–H groups in total. The molecule has 0 aromatic carbocycles. The number of aromatic nitrogens is 1. The van der Waals surface area contributed by atoms with Crippen LogP contribution in [0, 0.1) is 6.92 Å². The van der Waals surface area contributed by atoms with E-state index in [0.29, 0.717) is 19.7 Å². The number of hydrogen-bond donors (Lipinski definition) is 1. The molecule has 0 atom stereocenters.